The molecule has 0 aromatic heterocycles. The van der Waals surface area contributed by atoms with E-state index in [4.69, 9.17) is 0 Å². The minimum absolute atomic E-state index is 0.0904. The van der Waals surface area contributed by atoms with Crippen molar-refractivity contribution in [3.8, 4) is 0 Å². The molecule has 0 bridgehead atoms. The lowest BCUT2D eigenvalue weighted by molar-refractivity contribution is 0.225. The average Bonchev–Trinajstić information content (AvgIpc) is 2.87. The Balaban J connectivity index is 2.01. The summed E-state index contributed by atoms with van der Waals surface area (Å²) in [5.41, 5.74) is 0.0904. The lowest BCUT2D eigenvalue weighted by Gasteiger charge is -2.34. The van der Waals surface area contributed by atoms with E-state index >= 15 is 0 Å². The zero-order valence-electron chi connectivity index (χ0n) is 13.4. The molecule has 0 radical (unpaired) electrons. The lowest BCUT2D eigenvalue weighted by Crippen LogP contribution is -2.42. The van der Waals surface area contributed by atoms with Crippen LogP contribution in [0, 0.1) is 11.3 Å². The normalized spacial score (nSPS) is 27.1. The number of nitrogens with zero attached hydrogens (tertiary/aromatic N) is 1. The van der Waals surface area contributed by atoms with Gasteiger partial charge in [0, 0.05) is 12.6 Å². The van der Waals surface area contributed by atoms with Crippen LogP contribution in [0.1, 0.15) is 72.1 Å². The minimum Gasteiger partial charge on any atom is -0.212 e. The summed E-state index contributed by atoms with van der Waals surface area (Å²) in [6.45, 7) is 7.11. The van der Waals surface area contributed by atoms with Gasteiger partial charge in [0.25, 0.3) is 0 Å². The van der Waals surface area contributed by atoms with Crippen molar-refractivity contribution in [3.63, 3.8) is 0 Å². The number of rotatable bonds is 4. The Hall–Kier alpha value is -0.0900. The second-order valence-corrected chi connectivity index (χ2v) is 9.89. The van der Waals surface area contributed by atoms with Crippen LogP contribution < -0.4 is 0 Å². The maximum absolute atomic E-state index is 12.7. The van der Waals surface area contributed by atoms with Crippen LogP contribution in [0.4, 0.5) is 0 Å². The van der Waals surface area contributed by atoms with Gasteiger partial charge in [-0.05, 0) is 43.4 Å². The fourth-order valence-electron chi connectivity index (χ4n) is 3.65. The first-order valence-electron chi connectivity index (χ1n) is 8.29. The molecule has 1 unspecified atom stereocenters. The molecular weight excluding hydrogens is 270 g/mol. The van der Waals surface area contributed by atoms with Crippen molar-refractivity contribution >= 4 is 10.0 Å². The fourth-order valence-corrected chi connectivity index (χ4v) is 5.86. The van der Waals surface area contributed by atoms with Gasteiger partial charge in [0.05, 0.1) is 5.75 Å². The van der Waals surface area contributed by atoms with E-state index in [2.05, 4.69) is 20.8 Å². The first-order chi connectivity index (χ1) is 9.30. The molecule has 0 spiro atoms. The molecule has 1 saturated carbocycles. The largest absolute Gasteiger partial charge is 0.214 e. The molecule has 1 heterocycles. The summed E-state index contributed by atoms with van der Waals surface area (Å²) in [5, 5.41) is 0. The van der Waals surface area contributed by atoms with Crippen molar-refractivity contribution in [3.05, 3.63) is 0 Å². The summed E-state index contributed by atoms with van der Waals surface area (Å²) in [4.78, 5) is 0. The molecule has 0 aromatic carbocycles. The molecule has 2 fully saturated rings. The van der Waals surface area contributed by atoms with E-state index in [1.165, 1.54) is 32.1 Å². The summed E-state index contributed by atoms with van der Waals surface area (Å²) in [7, 11) is -3.06. The second kappa shape index (κ2) is 6.35. The molecule has 2 aliphatic rings. The van der Waals surface area contributed by atoms with Gasteiger partial charge >= 0.3 is 0 Å². The van der Waals surface area contributed by atoms with Crippen molar-refractivity contribution in [1.29, 1.82) is 0 Å². The Labute approximate surface area is 125 Å². The van der Waals surface area contributed by atoms with Gasteiger partial charge in [-0.2, -0.15) is 4.31 Å². The van der Waals surface area contributed by atoms with E-state index < -0.39 is 10.0 Å². The minimum atomic E-state index is -3.06. The maximum Gasteiger partial charge on any atom is 0.214 e. The van der Waals surface area contributed by atoms with Crippen molar-refractivity contribution in [2.75, 3.05) is 12.3 Å². The number of hydrogen-bond donors (Lipinski definition) is 0. The smallest absolute Gasteiger partial charge is 0.212 e. The van der Waals surface area contributed by atoms with Crippen LogP contribution in [0.3, 0.4) is 0 Å². The molecule has 1 aliphatic heterocycles. The van der Waals surface area contributed by atoms with Crippen LogP contribution in [0.5, 0.6) is 0 Å². The molecule has 118 valence electrons. The fraction of sp³-hybridized carbons (Fsp3) is 1.00. The second-order valence-electron chi connectivity index (χ2n) is 7.85. The molecule has 20 heavy (non-hydrogen) atoms. The summed E-state index contributed by atoms with van der Waals surface area (Å²) >= 11 is 0. The number of sulfonamides is 1. The van der Waals surface area contributed by atoms with Gasteiger partial charge in [0.15, 0.2) is 0 Å². The zero-order chi connectivity index (χ0) is 14.8. The van der Waals surface area contributed by atoms with Gasteiger partial charge in [-0.1, -0.05) is 40.0 Å². The van der Waals surface area contributed by atoms with Crippen molar-refractivity contribution < 1.29 is 8.42 Å². The third kappa shape index (κ3) is 4.20. The molecule has 0 aromatic rings. The molecule has 4 heteroatoms. The average molecular weight is 301 g/mol. The topological polar surface area (TPSA) is 37.4 Å². The highest BCUT2D eigenvalue weighted by atomic mass is 32.2. The summed E-state index contributed by atoms with van der Waals surface area (Å²) in [5.74, 6) is 0.940. The van der Waals surface area contributed by atoms with E-state index in [0.29, 0.717) is 17.7 Å². The van der Waals surface area contributed by atoms with Gasteiger partial charge < -0.3 is 0 Å². The first kappa shape index (κ1) is 16.3. The lowest BCUT2D eigenvalue weighted by atomic mass is 9.83. The van der Waals surface area contributed by atoms with Crippen molar-refractivity contribution in [2.24, 2.45) is 11.3 Å². The first-order valence-corrected chi connectivity index (χ1v) is 9.90. The highest BCUT2D eigenvalue weighted by molar-refractivity contribution is 7.89. The van der Waals surface area contributed by atoms with Crippen molar-refractivity contribution in [1.82, 2.24) is 4.31 Å². The van der Waals surface area contributed by atoms with E-state index in [1.807, 2.05) is 4.31 Å². The molecule has 1 saturated heterocycles. The molecule has 1 aliphatic carbocycles. The van der Waals surface area contributed by atoms with E-state index in [9.17, 15) is 8.42 Å². The quantitative estimate of drug-likeness (QED) is 0.792. The Bertz CT molecular complexity index is 405. The third-order valence-electron chi connectivity index (χ3n) is 4.91. The van der Waals surface area contributed by atoms with Gasteiger partial charge in [0.1, 0.15) is 0 Å². The predicted molar refractivity (Wildman–Crippen MR) is 84.2 cm³/mol. The highest BCUT2D eigenvalue weighted by Crippen LogP contribution is 2.36. The van der Waals surface area contributed by atoms with Crippen LogP contribution in [0.25, 0.3) is 0 Å². The van der Waals surface area contributed by atoms with Crippen LogP contribution in [0.15, 0.2) is 0 Å². The highest BCUT2D eigenvalue weighted by Gasteiger charge is 2.39. The Morgan fingerprint density at radius 1 is 1.00 bits per heavy atom. The standard InChI is InChI=1S/C16H31NO2S/c1-16(2,3)11-13-20(18,19)17-12-7-10-15(17)14-8-5-4-6-9-14/h14-15H,4-13H2,1-3H3. The molecule has 0 N–H and O–H groups in total. The monoisotopic (exact) mass is 301 g/mol. The molecule has 3 nitrogen and oxygen atoms in total. The predicted octanol–water partition coefficient (Wildman–Crippen LogP) is 3.80. The van der Waals surface area contributed by atoms with Crippen molar-refractivity contribution in [2.45, 2.75) is 78.2 Å². The van der Waals surface area contributed by atoms with Crippen LogP contribution in [-0.2, 0) is 10.0 Å². The van der Waals surface area contributed by atoms with E-state index in [1.54, 1.807) is 0 Å². The van der Waals surface area contributed by atoms with Gasteiger partial charge in [-0.25, -0.2) is 8.42 Å². The zero-order valence-corrected chi connectivity index (χ0v) is 14.2. The van der Waals surface area contributed by atoms with Gasteiger partial charge in [-0.15, -0.1) is 0 Å². The molecule has 2 rings (SSSR count). The SMILES string of the molecule is CC(C)(C)CCS(=O)(=O)N1CCCC1C1CCCCC1. The van der Waals surface area contributed by atoms with Crippen LogP contribution in [-0.4, -0.2) is 31.1 Å². The Kier molecular flexibility index (Phi) is 5.17. The maximum atomic E-state index is 12.7. The third-order valence-corrected chi connectivity index (χ3v) is 6.80. The Morgan fingerprint density at radius 2 is 1.65 bits per heavy atom. The summed E-state index contributed by atoms with van der Waals surface area (Å²) in [6, 6.07) is 0.306. The molecule has 0 amide bonds. The van der Waals surface area contributed by atoms with E-state index in [0.717, 1.165) is 25.8 Å². The van der Waals surface area contributed by atoms with Crippen LogP contribution >= 0.6 is 0 Å². The van der Waals surface area contributed by atoms with Crippen LogP contribution in [0.2, 0.25) is 0 Å². The summed E-state index contributed by atoms with van der Waals surface area (Å²) < 4.78 is 27.2. The van der Waals surface area contributed by atoms with Gasteiger partial charge in [0.2, 0.25) is 10.0 Å². The van der Waals surface area contributed by atoms with Gasteiger partial charge in [-0.3, -0.25) is 0 Å². The molecule has 1 atom stereocenters. The summed E-state index contributed by atoms with van der Waals surface area (Å²) in [6.07, 6.45) is 9.26. The molecular formula is C16H31NO2S. The Morgan fingerprint density at radius 3 is 2.25 bits per heavy atom. The number of hydrogen-bond acceptors (Lipinski definition) is 2. The van der Waals surface area contributed by atoms with E-state index in [-0.39, 0.29) is 5.41 Å².